The van der Waals surface area contributed by atoms with E-state index in [1.54, 1.807) is 0 Å². The zero-order chi connectivity index (χ0) is 14.0. The molecule has 1 N–H and O–H groups in total. The molecule has 0 aromatic heterocycles. The smallest absolute Gasteiger partial charge is 0.277 e. The van der Waals surface area contributed by atoms with Gasteiger partial charge in [-0.3, -0.25) is 4.84 Å². The van der Waals surface area contributed by atoms with Gasteiger partial charge in [-0.1, -0.05) is 4.89 Å². The molecule has 1 aromatic rings. The largest absolute Gasteiger partial charge is 0.413 e. The lowest BCUT2D eigenvalue weighted by atomic mass is 10.3. The van der Waals surface area contributed by atoms with Crippen molar-refractivity contribution in [3.05, 3.63) is 29.8 Å². The maximum Gasteiger partial charge on any atom is 0.413 e. The summed E-state index contributed by atoms with van der Waals surface area (Å²) in [6, 6.07) is 1.51. The van der Waals surface area contributed by atoms with E-state index in [4.69, 9.17) is 0 Å². The van der Waals surface area contributed by atoms with Crippen molar-refractivity contribution in [2.24, 2.45) is 0 Å². The summed E-state index contributed by atoms with van der Waals surface area (Å²) in [5.41, 5.74) is 0. The minimum atomic E-state index is -4.73. The second-order valence-electron chi connectivity index (χ2n) is 3.07. The van der Waals surface area contributed by atoms with Crippen LogP contribution in [0.4, 0.5) is 22.0 Å². The monoisotopic (exact) mass is 291 g/mol. The number of benzene rings is 1. The first-order valence-electron chi connectivity index (χ1n) is 4.27. The summed E-state index contributed by atoms with van der Waals surface area (Å²) in [5, 5.41) is 0. The van der Waals surface area contributed by atoms with Gasteiger partial charge in [0.25, 0.3) is 10.0 Å². The highest BCUT2D eigenvalue weighted by molar-refractivity contribution is 7.89. The van der Waals surface area contributed by atoms with E-state index in [0.29, 0.717) is 18.2 Å². The van der Waals surface area contributed by atoms with Crippen LogP contribution in [0.2, 0.25) is 0 Å². The Labute approximate surface area is 98.4 Å². The van der Waals surface area contributed by atoms with Gasteiger partial charge in [-0.05, 0) is 18.2 Å². The van der Waals surface area contributed by atoms with Crippen LogP contribution in [-0.4, -0.2) is 21.2 Å². The van der Waals surface area contributed by atoms with E-state index in [0.717, 1.165) is 4.89 Å². The first kappa shape index (κ1) is 14.8. The molecule has 10 heteroatoms. The van der Waals surface area contributed by atoms with Crippen molar-refractivity contribution in [1.29, 1.82) is 0 Å². The zero-order valence-electron chi connectivity index (χ0n) is 8.46. The summed E-state index contributed by atoms with van der Waals surface area (Å²) in [7, 11) is -4.50. The minimum absolute atomic E-state index is 0.314. The summed E-state index contributed by atoms with van der Waals surface area (Å²) in [4.78, 5) is 4.09. The van der Waals surface area contributed by atoms with E-state index in [9.17, 15) is 30.4 Å². The predicted molar refractivity (Wildman–Crippen MR) is 48.7 cm³/mol. The van der Waals surface area contributed by atoms with Gasteiger partial charge < -0.3 is 0 Å². The zero-order valence-corrected chi connectivity index (χ0v) is 9.28. The van der Waals surface area contributed by atoms with Crippen LogP contribution in [0.3, 0.4) is 0 Å². The van der Waals surface area contributed by atoms with Gasteiger partial charge in [0.2, 0.25) is 0 Å². The molecular weight excluding hydrogens is 285 g/mol. The molecule has 0 fully saturated rings. The standard InChI is InChI=1S/C8H6F5NO3S/c9-6-2-1-5(3-7(6)10)18(15,16)14-17-4-8(11,12)13/h1-3,14H,4H2. The van der Waals surface area contributed by atoms with Gasteiger partial charge in [-0.2, -0.15) is 13.2 Å². The first-order valence-corrected chi connectivity index (χ1v) is 5.75. The summed E-state index contributed by atoms with van der Waals surface area (Å²) in [6.45, 7) is -1.85. The summed E-state index contributed by atoms with van der Waals surface area (Å²) in [5.74, 6) is -2.74. The van der Waals surface area contributed by atoms with Gasteiger partial charge in [-0.15, -0.1) is 0 Å². The fourth-order valence-electron chi connectivity index (χ4n) is 0.881. The fourth-order valence-corrected chi connectivity index (χ4v) is 1.70. The highest BCUT2D eigenvalue weighted by Crippen LogP contribution is 2.16. The lowest BCUT2D eigenvalue weighted by Crippen LogP contribution is -2.29. The fraction of sp³-hybridized carbons (Fsp3) is 0.250. The second-order valence-corrected chi connectivity index (χ2v) is 4.71. The van der Waals surface area contributed by atoms with Crippen molar-refractivity contribution in [3.63, 3.8) is 0 Å². The SMILES string of the molecule is O=S(=O)(NOCC(F)(F)F)c1ccc(F)c(F)c1. The third-order valence-corrected chi connectivity index (χ3v) is 2.82. The molecule has 0 atom stereocenters. The molecule has 0 spiro atoms. The van der Waals surface area contributed by atoms with Crippen LogP contribution in [-0.2, 0) is 14.9 Å². The summed E-state index contributed by atoms with van der Waals surface area (Å²) >= 11 is 0. The number of rotatable bonds is 4. The maximum absolute atomic E-state index is 12.7. The van der Waals surface area contributed by atoms with Gasteiger partial charge in [0.05, 0.1) is 4.90 Å². The Balaban J connectivity index is 2.77. The molecule has 0 aliphatic carbocycles. The third-order valence-electron chi connectivity index (χ3n) is 1.61. The van der Waals surface area contributed by atoms with Gasteiger partial charge >= 0.3 is 6.18 Å². The lowest BCUT2D eigenvalue weighted by molar-refractivity contribution is -0.181. The van der Waals surface area contributed by atoms with Crippen molar-refractivity contribution in [2.45, 2.75) is 11.1 Å². The number of hydrogen-bond donors (Lipinski definition) is 1. The topological polar surface area (TPSA) is 55.4 Å². The molecule has 0 heterocycles. The lowest BCUT2D eigenvalue weighted by Gasteiger charge is -2.09. The molecule has 0 amide bonds. The van der Waals surface area contributed by atoms with Crippen molar-refractivity contribution in [1.82, 2.24) is 4.89 Å². The van der Waals surface area contributed by atoms with Crippen molar-refractivity contribution >= 4 is 10.0 Å². The summed E-state index contributed by atoms with van der Waals surface area (Å²) < 4.78 is 82.9. The van der Waals surface area contributed by atoms with Crippen molar-refractivity contribution in [3.8, 4) is 0 Å². The second kappa shape index (κ2) is 5.16. The molecule has 1 aromatic carbocycles. The van der Waals surface area contributed by atoms with E-state index >= 15 is 0 Å². The Morgan fingerprint density at radius 3 is 2.28 bits per heavy atom. The molecule has 18 heavy (non-hydrogen) atoms. The molecule has 0 aliphatic heterocycles. The molecule has 0 saturated heterocycles. The van der Waals surface area contributed by atoms with E-state index < -0.39 is 39.3 Å². The van der Waals surface area contributed by atoms with Crippen LogP contribution in [0.25, 0.3) is 0 Å². The van der Waals surface area contributed by atoms with Crippen LogP contribution in [0.15, 0.2) is 23.1 Å². The quantitative estimate of drug-likeness (QED) is 0.679. The molecule has 0 radical (unpaired) electrons. The average Bonchev–Trinajstić information content (AvgIpc) is 2.19. The first-order chi connectivity index (χ1) is 8.12. The molecule has 4 nitrogen and oxygen atoms in total. The van der Waals surface area contributed by atoms with E-state index in [2.05, 4.69) is 4.84 Å². The minimum Gasteiger partial charge on any atom is -0.277 e. The van der Waals surface area contributed by atoms with Crippen LogP contribution in [0.5, 0.6) is 0 Å². The average molecular weight is 291 g/mol. The Bertz CT molecular complexity index is 528. The van der Waals surface area contributed by atoms with Gasteiger partial charge in [0, 0.05) is 0 Å². The molecule has 1 rings (SSSR count). The Kier molecular flexibility index (Phi) is 4.24. The number of halogens is 5. The van der Waals surface area contributed by atoms with Gasteiger partial charge in [-0.25, -0.2) is 17.2 Å². The predicted octanol–water partition coefficient (Wildman–Crippen LogP) is 1.74. The Morgan fingerprint density at radius 1 is 1.17 bits per heavy atom. The van der Waals surface area contributed by atoms with Gasteiger partial charge in [0.1, 0.15) is 0 Å². The third kappa shape index (κ3) is 4.20. The van der Waals surface area contributed by atoms with Crippen LogP contribution in [0, 0.1) is 11.6 Å². The molecule has 0 bridgehead atoms. The van der Waals surface area contributed by atoms with E-state index in [-0.39, 0.29) is 0 Å². The van der Waals surface area contributed by atoms with Crippen molar-refractivity contribution in [2.75, 3.05) is 6.61 Å². The van der Waals surface area contributed by atoms with Crippen LogP contribution in [0.1, 0.15) is 0 Å². The highest BCUT2D eigenvalue weighted by Gasteiger charge is 2.29. The maximum atomic E-state index is 12.7. The number of alkyl halides is 3. The van der Waals surface area contributed by atoms with E-state index in [1.807, 2.05) is 0 Å². The number of hydrogen-bond acceptors (Lipinski definition) is 3. The Hall–Kier alpha value is -1.26. The molecule has 0 unspecified atom stereocenters. The molecule has 0 saturated carbocycles. The van der Waals surface area contributed by atoms with Crippen LogP contribution >= 0.6 is 0 Å². The molecule has 0 aliphatic rings. The normalized spacial score (nSPS) is 12.7. The molecular formula is C8H6F5NO3S. The van der Waals surface area contributed by atoms with E-state index in [1.165, 1.54) is 0 Å². The number of nitrogens with one attached hydrogen (secondary N) is 1. The van der Waals surface area contributed by atoms with Crippen LogP contribution < -0.4 is 4.89 Å². The Morgan fingerprint density at radius 2 is 1.78 bits per heavy atom. The highest BCUT2D eigenvalue weighted by atomic mass is 32.2. The number of sulfonamides is 1. The van der Waals surface area contributed by atoms with Crippen molar-refractivity contribution < 1.29 is 35.2 Å². The molecule has 102 valence electrons. The summed E-state index contributed by atoms with van der Waals surface area (Å²) in [6.07, 6.45) is -4.73. The van der Waals surface area contributed by atoms with Gasteiger partial charge in [0.15, 0.2) is 18.2 Å².